The molecule has 6 nitrogen and oxygen atoms in total. The number of hydrogen-bond donors (Lipinski definition) is 1. The van der Waals surface area contributed by atoms with E-state index in [0.29, 0.717) is 16.3 Å². The van der Waals surface area contributed by atoms with Crippen LogP contribution in [0, 0.1) is 0 Å². The number of hydrogen-bond acceptors (Lipinski definition) is 4. The molecule has 4 rings (SSSR count). The number of sulfonamides is 1. The summed E-state index contributed by atoms with van der Waals surface area (Å²) in [5.74, 6) is 0.427. The van der Waals surface area contributed by atoms with Crippen molar-refractivity contribution in [2.45, 2.75) is 24.3 Å². The van der Waals surface area contributed by atoms with Gasteiger partial charge in [0.05, 0.1) is 22.9 Å². The fourth-order valence-corrected chi connectivity index (χ4v) is 5.04. The number of carbonyl (C=O) groups excluding carboxylic acids is 1. The van der Waals surface area contributed by atoms with E-state index in [0.717, 1.165) is 10.8 Å². The molecule has 0 unspecified atom stereocenters. The predicted molar refractivity (Wildman–Crippen MR) is 98.4 cm³/mol. The number of furan rings is 1. The molecule has 1 atom stereocenters. The molecule has 1 aliphatic heterocycles. The van der Waals surface area contributed by atoms with E-state index in [1.54, 1.807) is 36.6 Å². The molecule has 2 aromatic carbocycles. The first-order valence-corrected chi connectivity index (χ1v) is 9.80. The van der Waals surface area contributed by atoms with Gasteiger partial charge in [-0.1, -0.05) is 24.3 Å². The van der Waals surface area contributed by atoms with E-state index in [-0.39, 0.29) is 24.9 Å². The maximum atomic E-state index is 12.9. The van der Waals surface area contributed by atoms with Crippen molar-refractivity contribution in [2.24, 2.45) is 0 Å². The quantitative estimate of drug-likeness (QED) is 0.748. The van der Waals surface area contributed by atoms with E-state index in [2.05, 4.69) is 5.32 Å². The molecule has 0 radical (unpaired) electrons. The summed E-state index contributed by atoms with van der Waals surface area (Å²) in [7, 11) is -3.63. The van der Waals surface area contributed by atoms with Gasteiger partial charge in [0, 0.05) is 18.4 Å². The first kappa shape index (κ1) is 16.7. The van der Waals surface area contributed by atoms with Gasteiger partial charge in [-0.15, -0.1) is 0 Å². The number of nitrogens with one attached hydrogen (secondary N) is 1. The minimum Gasteiger partial charge on any atom is -0.467 e. The number of anilines is 1. The van der Waals surface area contributed by atoms with Crippen LogP contribution in [0.3, 0.4) is 0 Å². The van der Waals surface area contributed by atoms with Crippen molar-refractivity contribution in [3.8, 4) is 0 Å². The second-order valence-corrected chi connectivity index (χ2v) is 8.09. The van der Waals surface area contributed by atoms with E-state index in [1.807, 2.05) is 25.1 Å². The van der Waals surface area contributed by atoms with E-state index in [9.17, 15) is 13.2 Å². The van der Waals surface area contributed by atoms with Crippen LogP contribution in [0.15, 0.2) is 64.1 Å². The van der Waals surface area contributed by atoms with Crippen LogP contribution in [-0.2, 0) is 14.8 Å². The molecule has 2 heterocycles. The molecule has 1 N–H and O–H groups in total. The SMILES string of the molecule is C[C@H](NC(=O)CCN1c2cccc3cccc(c23)S1(=O)=O)c1ccco1. The molecule has 1 amide bonds. The van der Waals surface area contributed by atoms with Crippen molar-refractivity contribution in [1.29, 1.82) is 0 Å². The highest BCUT2D eigenvalue weighted by atomic mass is 32.2. The maximum absolute atomic E-state index is 12.9. The molecule has 0 aliphatic carbocycles. The zero-order chi connectivity index (χ0) is 18.3. The monoisotopic (exact) mass is 370 g/mol. The summed E-state index contributed by atoms with van der Waals surface area (Å²) in [6.07, 6.45) is 1.61. The number of rotatable bonds is 5. The Hall–Kier alpha value is -2.80. The zero-order valence-corrected chi connectivity index (χ0v) is 15.0. The second-order valence-electron chi connectivity index (χ2n) is 6.26. The molecule has 26 heavy (non-hydrogen) atoms. The van der Waals surface area contributed by atoms with Gasteiger partial charge in [0.1, 0.15) is 5.76 Å². The van der Waals surface area contributed by atoms with Crippen molar-refractivity contribution >= 4 is 32.4 Å². The zero-order valence-electron chi connectivity index (χ0n) is 14.2. The fourth-order valence-electron chi connectivity index (χ4n) is 3.32. The van der Waals surface area contributed by atoms with Gasteiger partial charge < -0.3 is 9.73 Å². The van der Waals surface area contributed by atoms with Crippen molar-refractivity contribution in [1.82, 2.24) is 5.32 Å². The maximum Gasteiger partial charge on any atom is 0.265 e. The predicted octanol–water partition coefficient (Wildman–Crippen LogP) is 3.21. The minimum atomic E-state index is -3.63. The van der Waals surface area contributed by atoms with Crippen molar-refractivity contribution in [2.75, 3.05) is 10.8 Å². The van der Waals surface area contributed by atoms with Crippen molar-refractivity contribution in [3.63, 3.8) is 0 Å². The molecule has 3 aromatic rings. The van der Waals surface area contributed by atoms with Gasteiger partial charge >= 0.3 is 0 Å². The summed E-state index contributed by atoms with van der Waals surface area (Å²) in [4.78, 5) is 12.6. The van der Waals surface area contributed by atoms with Crippen LogP contribution in [0.5, 0.6) is 0 Å². The second kappa shape index (κ2) is 6.17. The summed E-state index contributed by atoms with van der Waals surface area (Å²) in [6, 6.07) is 14.0. The molecular weight excluding hydrogens is 352 g/mol. The standard InChI is InChI=1S/C19H18N2O4S/c1-13(16-8-4-12-25-16)20-18(22)10-11-21-15-7-2-5-14-6-3-9-17(19(14)15)26(21,23)24/h2-9,12-13H,10-11H2,1H3,(H,20,22)/t13-/m0/s1. The Morgan fingerprint density at radius 3 is 2.65 bits per heavy atom. The van der Waals surface area contributed by atoms with Gasteiger partial charge in [-0.3, -0.25) is 9.10 Å². The average Bonchev–Trinajstić information content (AvgIpc) is 3.22. The van der Waals surface area contributed by atoms with E-state index in [1.165, 1.54) is 4.31 Å². The van der Waals surface area contributed by atoms with Gasteiger partial charge in [-0.2, -0.15) is 0 Å². The lowest BCUT2D eigenvalue weighted by molar-refractivity contribution is -0.121. The van der Waals surface area contributed by atoms with E-state index in [4.69, 9.17) is 4.42 Å². The minimum absolute atomic E-state index is 0.0641. The molecule has 1 aromatic heterocycles. The number of benzene rings is 2. The third-order valence-corrected chi connectivity index (χ3v) is 6.43. The lowest BCUT2D eigenvalue weighted by atomic mass is 10.1. The molecule has 7 heteroatoms. The first-order valence-electron chi connectivity index (χ1n) is 8.36. The highest BCUT2D eigenvalue weighted by molar-refractivity contribution is 7.93. The van der Waals surface area contributed by atoms with Gasteiger partial charge in [0.25, 0.3) is 10.0 Å². The Balaban J connectivity index is 1.53. The molecule has 0 saturated carbocycles. The van der Waals surface area contributed by atoms with Crippen molar-refractivity contribution in [3.05, 3.63) is 60.6 Å². The first-order chi connectivity index (χ1) is 12.5. The van der Waals surface area contributed by atoms with Crippen LogP contribution in [-0.4, -0.2) is 20.9 Å². The largest absolute Gasteiger partial charge is 0.467 e. The Morgan fingerprint density at radius 1 is 1.15 bits per heavy atom. The van der Waals surface area contributed by atoms with Crippen LogP contribution in [0.4, 0.5) is 5.69 Å². The van der Waals surface area contributed by atoms with Crippen molar-refractivity contribution < 1.29 is 17.6 Å². The Bertz CT molecular complexity index is 1070. The molecular formula is C19H18N2O4S. The van der Waals surface area contributed by atoms with Crippen LogP contribution in [0.2, 0.25) is 0 Å². The Morgan fingerprint density at radius 2 is 1.92 bits per heavy atom. The van der Waals surface area contributed by atoms with E-state index >= 15 is 0 Å². The third-order valence-electron chi connectivity index (χ3n) is 4.57. The smallest absolute Gasteiger partial charge is 0.265 e. The Kier molecular flexibility index (Phi) is 3.96. The summed E-state index contributed by atoms with van der Waals surface area (Å²) < 4.78 is 32.3. The van der Waals surface area contributed by atoms with Gasteiger partial charge in [-0.25, -0.2) is 8.42 Å². The highest BCUT2D eigenvalue weighted by Gasteiger charge is 2.35. The molecule has 0 spiro atoms. The summed E-state index contributed by atoms with van der Waals surface area (Å²) >= 11 is 0. The molecule has 0 saturated heterocycles. The van der Waals surface area contributed by atoms with Gasteiger partial charge in [-0.05, 0) is 36.6 Å². The van der Waals surface area contributed by atoms with Crippen LogP contribution >= 0.6 is 0 Å². The molecule has 1 aliphatic rings. The van der Waals surface area contributed by atoms with Gasteiger partial charge in [0.2, 0.25) is 5.91 Å². The number of amides is 1. The average molecular weight is 370 g/mol. The van der Waals surface area contributed by atoms with Crippen LogP contribution in [0.1, 0.15) is 25.1 Å². The number of nitrogens with zero attached hydrogens (tertiary/aromatic N) is 1. The summed E-state index contributed by atoms with van der Waals surface area (Å²) in [6.45, 7) is 1.91. The summed E-state index contributed by atoms with van der Waals surface area (Å²) in [5, 5.41) is 4.42. The molecule has 134 valence electrons. The van der Waals surface area contributed by atoms with Crippen LogP contribution in [0.25, 0.3) is 10.8 Å². The molecule has 0 bridgehead atoms. The normalized spacial score (nSPS) is 16.0. The fraction of sp³-hybridized carbons (Fsp3) is 0.211. The number of carbonyl (C=O) groups is 1. The lowest BCUT2D eigenvalue weighted by Gasteiger charge is -2.19. The lowest BCUT2D eigenvalue weighted by Crippen LogP contribution is -2.33. The highest BCUT2D eigenvalue weighted by Crippen LogP contribution is 2.41. The molecule has 0 fully saturated rings. The van der Waals surface area contributed by atoms with Crippen LogP contribution < -0.4 is 9.62 Å². The van der Waals surface area contributed by atoms with Gasteiger partial charge in [0.15, 0.2) is 0 Å². The third kappa shape index (κ3) is 2.64. The Labute approximate surface area is 151 Å². The topological polar surface area (TPSA) is 79.6 Å². The summed E-state index contributed by atoms with van der Waals surface area (Å²) in [5.41, 5.74) is 0.630. The van der Waals surface area contributed by atoms with E-state index < -0.39 is 10.0 Å².